The highest BCUT2D eigenvalue weighted by Gasteiger charge is 2.21. The Morgan fingerprint density at radius 3 is 2.55 bits per heavy atom. The van der Waals surface area contributed by atoms with Crippen molar-refractivity contribution in [1.29, 1.82) is 0 Å². The first-order chi connectivity index (χ1) is 14.7. The van der Waals surface area contributed by atoms with Gasteiger partial charge in [-0.3, -0.25) is 18.7 Å². The lowest BCUT2D eigenvalue weighted by Crippen LogP contribution is -2.37. The minimum atomic E-state index is -0.509. The molecule has 3 aromatic rings. The van der Waals surface area contributed by atoms with Crippen molar-refractivity contribution < 1.29 is 14.3 Å². The summed E-state index contributed by atoms with van der Waals surface area (Å²) >= 11 is 2.19. The molecule has 31 heavy (non-hydrogen) atoms. The minimum absolute atomic E-state index is 0.00742. The molecule has 0 unspecified atom stereocenters. The maximum Gasteiger partial charge on any atom is 0.350 e. The Balaban J connectivity index is 1.84. The number of esters is 1. The van der Waals surface area contributed by atoms with Gasteiger partial charge in [0.05, 0.1) is 18.6 Å². The maximum absolute atomic E-state index is 12.7. The fourth-order valence-corrected chi connectivity index (χ4v) is 4.71. The molecule has 3 rings (SSSR count). The van der Waals surface area contributed by atoms with E-state index in [9.17, 15) is 19.2 Å². The van der Waals surface area contributed by atoms with E-state index in [1.807, 2.05) is 6.92 Å². The summed E-state index contributed by atoms with van der Waals surface area (Å²) in [5.74, 6) is -0.842. The van der Waals surface area contributed by atoms with Crippen molar-refractivity contribution >= 4 is 51.3 Å². The van der Waals surface area contributed by atoms with Crippen molar-refractivity contribution in [2.45, 2.75) is 32.0 Å². The third-order valence-electron chi connectivity index (χ3n) is 4.51. The second-order valence-electron chi connectivity index (χ2n) is 6.69. The van der Waals surface area contributed by atoms with E-state index in [4.69, 9.17) is 4.74 Å². The molecule has 1 N–H and O–H groups in total. The molecule has 0 aliphatic heterocycles. The molecule has 0 atom stereocenters. The van der Waals surface area contributed by atoms with Gasteiger partial charge in [-0.25, -0.2) is 19.6 Å². The fraction of sp³-hybridized carbons (Fsp3) is 0.444. The van der Waals surface area contributed by atoms with E-state index >= 15 is 0 Å². The fourth-order valence-electron chi connectivity index (χ4n) is 2.99. The van der Waals surface area contributed by atoms with E-state index < -0.39 is 17.2 Å². The number of carbonyl (C=O) groups is 2. The Kier molecular flexibility index (Phi) is 6.65. The summed E-state index contributed by atoms with van der Waals surface area (Å²) in [6.45, 7) is 4.14. The maximum atomic E-state index is 12.7. The summed E-state index contributed by atoms with van der Waals surface area (Å²) < 4.78 is 8.79. The van der Waals surface area contributed by atoms with E-state index in [0.29, 0.717) is 32.9 Å². The van der Waals surface area contributed by atoms with Crippen LogP contribution >= 0.6 is 23.1 Å². The van der Waals surface area contributed by atoms with Crippen LogP contribution in [0.2, 0.25) is 0 Å². The molecule has 166 valence electrons. The van der Waals surface area contributed by atoms with Gasteiger partial charge in [-0.2, -0.15) is 0 Å². The molecular weight excluding hydrogens is 444 g/mol. The van der Waals surface area contributed by atoms with Crippen LogP contribution in [-0.4, -0.2) is 48.4 Å². The smallest absolute Gasteiger partial charge is 0.350 e. The van der Waals surface area contributed by atoms with Crippen LogP contribution in [0, 0.1) is 6.92 Å². The number of rotatable bonds is 7. The van der Waals surface area contributed by atoms with Gasteiger partial charge in [0.15, 0.2) is 21.5 Å². The number of aryl methyl sites for hydroxylation is 3. The van der Waals surface area contributed by atoms with Crippen molar-refractivity contribution in [1.82, 2.24) is 23.7 Å². The average molecular weight is 467 g/mol. The van der Waals surface area contributed by atoms with Crippen LogP contribution in [-0.2, 0) is 30.2 Å². The van der Waals surface area contributed by atoms with Gasteiger partial charge in [0, 0.05) is 20.6 Å². The average Bonchev–Trinajstić information content (AvgIpc) is 3.29. The molecule has 0 radical (unpaired) electrons. The summed E-state index contributed by atoms with van der Waals surface area (Å²) in [4.78, 5) is 58.0. The number of nitrogens with zero attached hydrogens (tertiary/aromatic N) is 5. The quantitative estimate of drug-likeness (QED) is 0.405. The van der Waals surface area contributed by atoms with Crippen molar-refractivity contribution in [3.63, 3.8) is 0 Å². The largest absolute Gasteiger partial charge is 0.465 e. The Labute approximate surface area is 185 Å². The predicted octanol–water partition coefficient (Wildman–Crippen LogP) is 1.13. The molecule has 3 heterocycles. The third kappa shape index (κ3) is 4.28. The number of thioether (sulfide) groups is 1. The molecule has 0 aromatic carbocycles. The van der Waals surface area contributed by atoms with E-state index in [0.717, 1.165) is 34.1 Å². The van der Waals surface area contributed by atoms with Gasteiger partial charge in [0.2, 0.25) is 5.91 Å². The van der Waals surface area contributed by atoms with Crippen molar-refractivity contribution in [3.05, 3.63) is 31.4 Å². The highest BCUT2D eigenvalue weighted by Crippen LogP contribution is 2.25. The number of carbonyl (C=O) groups excluding carboxylic acids is 2. The van der Waals surface area contributed by atoms with Crippen LogP contribution in [0.5, 0.6) is 0 Å². The van der Waals surface area contributed by atoms with Crippen LogP contribution in [0.1, 0.15) is 28.7 Å². The molecule has 3 aromatic heterocycles. The number of hydrogen-bond acceptors (Lipinski definition) is 9. The topological polar surface area (TPSA) is 130 Å². The Morgan fingerprint density at radius 2 is 1.90 bits per heavy atom. The van der Waals surface area contributed by atoms with Gasteiger partial charge in [0.1, 0.15) is 4.88 Å². The van der Waals surface area contributed by atoms with E-state index in [1.54, 1.807) is 18.5 Å². The highest BCUT2D eigenvalue weighted by atomic mass is 32.2. The molecular formula is C18H22N6O5S2. The number of anilines is 1. The predicted molar refractivity (Wildman–Crippen MR) is 118 cm³/mol. The number of amides is 1. The van der Waals surface area contributed by atoms with Gasteiger partial charge < -0.3 is 14.6 Å². The minimum Gasteiger partial charge on any atom is -0.465 e. The lowest BCUT2D eigenvalue weighted by Gasteiger charge is -2.07. The van der Waals surface area contributed by atoms with Gasteiger partial charge in [0.25, 0.3) is 5.56 Å². The summed E-state index contributed by atoms with van der Waals surface area (Å²) in [6, 6.07) is 0. The zero-order valence-corrected chi connectivity index (χ0v) is 19.3. The normalized spacial score (nSPS) is 11.1. The van der Waals surface area contributed by atoms with Gasteiger partial charge >= 0.3 is 11.7 Å². The Morgan fingerprint density at radius 1 is 1.19 bits per heavy atom. The van der Waals surface area contributed by atoms with E-state index in [-0.39, 0.29) is 17.3 Å². The number of imidazole rings is 1. The van der Waals surface area contributed by atoms with E-state index in [1.165, 1.54) is 18.7 Å². The molecule has 0 aliphatic carbocycles. The van der Waals surface area contributed by atoms with Crippen LogP contribution < -0.4 is 16.6 Å². The third-order valence-corrected chi connectivity index (χ3v) is 6.54. The molecule has 0 bridgehead atoms. The van der Waals surface area contributed by atoms with Gasteiger partial charge in [-0.05, 0) is 13.3 Å². The number of nitrogens with one attached hydrogen (secondary N) is 1. The lowest BCUT2D eigenvalue weighted by molar-refractivity contribution is -0.113. The summed E-state index contributed by atoms with van der Waals surface area (Å²) in [7, 11) is 4.26. The van der Waals surface area contributed by atoms with Crippen LogP contribution in [0.15, 0.2) is 14.7 Å². The molecule has 11 nitrogen and oxygen atoms in total. The second-order valence-corrected chi connectivity index (χ2v) is 8.63. The molecule has 13 heteroatoms. The van der Waals surface area contributed by atoms with Gasteiger partial charge in [-0.15, -0.1) is 0 Å². The monoisotopic (exact) mass is 466 g/mol. The molecule has 0 saturated carbocycles. The van der Waals surface area contributed by atoms with Crippen molar-refractivity contribution in [2.75, 3.05) is 18.2 Å². The van der Waals surface area contributed by atoms with Crippen LogP contribution in [0.3, 0.4) is 0 Å². The first-order valence-corrected chi connectivity index (χ1v) is 11.1. The molecule has 0 saturated heterocycles. The molecule has 1 amide bonds. The van der Waals surface area contributed by atoms with Crippen molar-refractivity contribution in [2.24, 2.45) is 14.1 Å². The SMILES string of the molecule is CCCn1c(SCC(=O)Nc2nc(C)c(C(=O)OC)s2)nc2c1c(=O)n(C)c(=O)n2C. The molecule has 0 aliphatic rings. The van der Waals surface area contributed by atoms with Crippen molar-refractivity contribution in [3.8, 4) is 0 Å². The summed E-state index contributed by atoms with van der Waals surface area (Å²) in [5.41, 5.74) is 0.189. The van der Waals surface area contributed by atoms with Crippen LogP contribution in [0.25, 0.3) is 11.2 Å². The van der Waals surface area contributed by atoms with Gasteiger partial charge in [-0.1, -0.05) is 30.0 Å². The number of methoxy groups -OCH3 is 1. The zero-order valence-electron chi connectivity index (χ0n) is 17.7. The van der Waals surface area contributed by atoms with E-state index in [2.05, 4.69) is 15.3 Å². The lowest BCUT2D eigenvalue weighted by atomic mass is 10.4. The number of fused-ring (bicyclic) bond motifs is 1. The zero-order chi connectivity index (χ0) is 22.9. The first-order valence-electron chi connectivity index (χ1n) is 9.34. The molecule has 0 spiro atoms. The second kappa shape index (κ2) is 9.06. The summed E-state index contributed by atoms with van der Waals surface area (Å²) in [6.07, 6.45) is 0.742. The molecule has 0 fully saturated rings. The number of ether oxygens (including phenoxy) is 1. The number of thiazole rings is 1. The number of aromatic nitrogens is 5. The Bertz CT molecular complexity index is 1290. The van der Waals surface area contributed by atoms with Crippen LogP contribution in [0.4, 0.5) is 5.13 Å². The highest BCUT2D eigenvalue weighted by molar-refractivity contribution is 7.99. The first kappa shape index (κ1) is 22.7. The standard InChI is InChI=1S/C18H22N6O5S2/c1-6-7-24-11-13(22(3)18(28)23(4)14(11)26)21-17(24)30-8-10(25)20-16-19-9(2)12(31-16)15(27)29-5/h6-8H2,1-5H3,(H,19,20,25). The summed E-state index contributed by atoms with van der Waals surface area (Å²) in [5, 5.41) is 3.42. The Hall–Kier alpha value is -2.93. The number of hydrogen-bond donors (Lipinski definition) is 1.